The zero-order chi connectivity index (χ0) is 11.6. The largest absolute Gasteiger partial charge is 0.274 e. The number of carbonyl (C=O) groups is 1. The third-order valence-electron chi connectivity index (χ3n) is 1.72. The molecule has 82 valence electrons. The van der Waals surface area contributed by atoms with Crippen LogP contribution in [0, 0.1) is 0 Å². The summed E-state index contributed by atoms with van der Waals surface area (Å²) in [6.45, 7) is 1.48. The highest BCUT2D eigenvalue weighted by Gasteiger charge is 2.21. The number of nitrogens with zero attached hydrogens (tertiary/aromatic N) is 1. The van der Waals surface area contributed by atoms with E-state index in [1.54, 1.807) is 0 Å². The molecule has 0 unspecified atom stereocenters. The third-order valence-corrected chi connectivity index (χ3v) is 4.07. The van der Waals surface area contributed by atoms with Crippen molar-refractivity contribution >= 4 is 42.6 Å². The summed E-state index contributed by atoms with van der Waals surface area (Å²) in [5.74, 6) is -0.109. The maximum Gasteiger partial charge on any atom is 0.272 e. The minimum atomic E-state index is -3.49. The number of carbonyl (C=O) groups excluding carboxylic acids is 1. The molecule has 0 radical (unpaired) electrons. The summed E-state index contributed by atoms with van der Waals surface area (Å²) in [6.07, 6.45) is 1.32. The van der Waals surface area contributed by atoms with Gasteiger partial charge in [0.15, 0.2) is 9.84 Å². The summed E-state index contributed by atoms with van der Waals surface area (Å²) in [5.41, 5.74) is -0.235. The predicted octanol–water partition coefficient (Wildman–Crippen LogP) is 2.02. The zero-order valence-electron chi connectivity index (χ0n) is 7.70. The quantitative estimate of drug-likeness (QED) is 0.801. The molecule has 0 amide bonds. The van der Waals surface area contributed by atoms with Gasteiger partial charge in [-0.1, -0.05) is 6.92 Å². The lowest BCUT2D eigenvalue weighted by atomic mass is 10.4. The van der Waals surface area contributed by atoms with Crippen molar-refractivity contribution in [2.24, 2.45) is 0 Å². The molecule has 15 heavy (non-hydrogen) atoms. The van der Waals surface area contributed by atoms with Crippen LogP contribution in [0.4, 0.5) is 0 Å². The van der Waals surface area contributed by atoms with E-state index < -0.39 is 15.1 Å². The molecule has 0 spiro atoms. The van der Waals surface area contributed by atoms with Gasteiger partial charge in [0.1, 0.15) is 5.69 Å². The zero-order valence-corrected chi connectivity index (χ0v) is 10.9. The van der Waals surface area contributed by atoms with Gasteiger partial charge in [0, 0.05) is 10.7 Å². The number of halogens is 2. The first kappa shape index (κ1) is 12.6. The molecule has 0 aromatic carbocycles. The number of pyridine rings is 1. The van der Waals surface area contributed by atoms with Crippen molar-refractivity contribution in [3.8, 4) is 0 Å². The Bertz CT molecular complexity index is 501. The van der Waals surface area contributed by atoms with Gasteiger partial charge in [-0.2, -0.15) is 0 Å². The lowest BCUT2D eigenvalue weighted by molar-refractivity contribution is 0.107. The number of hydrogen-bond acceptors (Lipinski definition) is 4. The summed E-state index contributed by atoms with van der Waals surface area (Å²) in [7, 11) is -3.49. The number of hydrogen-bond donors (Lipinski definition) is 0. The van der Waals surface area contributed by atoms with Crippen LogP contribution in [-0.4, -0.2) is 24.4 Å². The predicted molar refractivity (Wildman–Crippen MR) is 59.8 cm³/mol. The first-order valence-electron chi connectivity index (χ1n) is 3.96. The number of sulfone groups is 1. The van der Waals surface area contributed by atoms with Crippen molar-refractivity contribution in [3.63, 3.8) is 0 Å². The average molecular weight is 313 g/mol. The molecule has 0 N–H and O–H groups in total. The minimum Gasteiger partial charge on any atom is -0.274 e. The fraction of sp³-hybridized carbons (Fsp3) is 0.250. The molecule has 4 nitrogen and oxygen atoms in total. The Balaban J connectivity index is 3.51. The second-order valence-electron chi connectivity index (χ2n) is 2.68. The van der Waals surface area contributed by atoms with Crippen molar-refractivity contribution in [1.82, 2.24) is 4.98 Å². The van der Waals surface area contributed by atoms with Crippen molar-refractivity contribution in [2.75, 3.05) is 5.75 Å². The van der Waals surface area contributed by atoms with Gasteiger partial charge in [0.2, 0.25) is 0 Å². The van der Waals surface area contributed by atoms with E-state index in [9.17, 15) is 13.2 Å². The van der Waals surface area contributed by atoms with Crippen LogP contribution in [0.15, 0.2) is 21.6 Å². The van der Waals surface area contributed by atoms with E-state index in [0.717, 1.165) is 0 Å². The van der Waals surface area contributed by atoms with Crippen molar-refractivity contribution in [2.45, 2.75) is 11.8 Å². The first-order valence-corrected chi connectivity index (χ1v) is 6.79. The van der Waals surface area contributed by atoms with Crippen LogP contribution in [-0.2, 0) is 9.84 Å². The number of rotatable bonds is 3. The molecule has 0 aliphatic rings. The fourth-order valence-electron chi connectivity index (χ4n) is 0.961. The van der Waals surface area contributed by atoms with Crippen molar-refractivity contribution in [1.29, 1.82) is 0 Å². The Hall–Kier alpha value is -0.460. The Kier molecular flexibility index (Phi) is 3.86. The van der Waals surface area contributed by atoms with Gasteiger partial charge in [0.05, 0.1) is 10.6 Å². The average Bonchev–Trinajstić information content (AvgIpc) is 2.17. The second kappa shape index (κ2) is 4.59. The molecule has 7 heteroatoms. The Morgan fingerprint density at radius 2 is 2.20 bits per heavy atom. The molecular formula is C8H7BrClNO3S. The lowest BCUT2D eigenvalue weighted by Gasteiger charge is -2.05. The van der Waals surface area contributed by atoms with Crippen LogP contribution in [0.5, 0.6) is 0 Å². The van der Waals surface area contributed by atoms with E-state index in [-0.39, 0.29) is 16.3 Å². The first-order chi connectivity index (χ1) is 6.88. The Labute approximate surface area is 101 Å². The molecule has 1 aromatic heterocycles. The molecule has 0 aliphatic heterocycles. The van der Waals surface area contributed by atoms with E-state index in [2.05, 4.69) is 20.9 Å². The molecule has 1 rings (SSSR count). The number of aromatic nitrogens is 1. The van der Waals surface area contributed by atoms with Crippen LogP contribution in [0.1, 0.15) is 17.4 Å². The van der Waals surface area contributed by atoms with Crippen LogP contribution < -0.4 is 0 Å². The molecule has 0 aliphatic carbocycles. The molecule has 0 bridgehead atoms. The molecule has 0 atom stereocenters. The fourth-order valence-corrected chi connectivity index (χ4v) is 2.71. The highest BCUT2D eigenvalue weighted by molar-refractivity contribution is 9.10. The lowest BCUT2D eigenvalue weighted by Crippen LogP contribution is -2.10. The third kappa shape index (κ3) is 2.76. The van der Waals surface area contributed by atoms with Gasteiger partial charge < -0.3 is 0 Å². The van der Waals surface area contributed by atoms with Gasteiger partial charge in [-0.15, -0.1) is 0 Å². The SMILES string of the molecule is CCS(=O)(=O)c1cc(Br)cnc1C(=O)Cl. The van der Waals surface area contributed by atoms with Gasteiger partial charge in [-0.3, -0.25) is 4.79 Å². The van der Waals surface area contributed by atoms with Gasteiger partial charge in [-0.05, 0) is 33.6 Å². The van der Waals surface area contributed by atoms with Gasteiger partial charge in [-0.25, -0.2) is 13.4 Å². The van der Waals surface area contributed by atoms with Crippen LogP contribution in [0.2, 0.25) is 0 Å². The van der Waals surface area contributed by atoms with Crippen molar-refractivity contribution in [3.05, 3.63) is 22.4 Å². The smallest absolute Gasteiger partial charge is 0.272 e. The van der Waals surface area contributed by atoms with E-state index >= 15 is 0 Å². The van der Waals surface area contributed by atoms with Gasteiger partial charge >= 0.3 is 0 Å². The molecule has 1 aromatic rings. The summed E-state index contributed by atoms with van der Waals surface area (Å²) in [4.78, 5) is 14.5. The molecular weight excluding hydrogens is 306 g/mol. The molecule has 0 saturated carbocycles. The molecule has 0 fully saturated rings. The summed E-state index contributed by atoms with van der Waals surface area (Å²) < 4.78 is 23.7. The normalized spacial score (nSPS) is 11.4. The standard InChI is InChI=1S/C8H7BrClNO3S/c1-2-15(13,14)6-3-5(9)4-11-7(6)8(10)12/h3-4H,2H2,1H3. The molecule has 1 heterocycles. The monoisotopic (exact) mass is 311 g/mol. The maximum atomic E-state index is 11.6. The summed E-state index contributed by atoms with van der Waals surface area (Å²) in [6, 6.07) is 1.32. The van der Waals surface area contributed by atoms with E-state index in [1.807, 2.05) is 0 Å². The highest BCUT2D eigenvalue weighted by atomic mass is 79.9. The molecule has 0 saturated heterocycles. The van der Waals surface area contributed by atoms with E-state index in [0.29, 0.717) is 4.47 Å². The maximum absolute atomic E-state index is 11.6. The second-order valence-corrected chi connectivity index (χ2v) is 6.18. The van der Waals surface area contributed by atoms with Crippen LogP contribution in [0.3, 0.4) is 0 Å². The van der Waals surface area contributed by atoms with E-state index in [1.165, 1.54) is 19.2 Å². The summed E-state index contributed by atoms with van der Waals surface area (Å²) in [5, 5.41) is -0.880. The summed E-state index contributed by atoms with van der Waals surface area (Å²) >= 11 is 8.33. The highest BCUT2D eigenvalue weighted by Crippen LogP contribution is 2.21. The topological polar surface area (TPSA) is 64.1 Å². The minimum absolute atomic E-state index is 0.109. The Morgan fingerprint density at radius 3 is 2.67 bits per heavy atom. The Morgan fingerprint density at radius 1 is 1.60 bits per heavy atom. The van der Waals surface area contributed by atoms with Crippen molar-refractivity contribution < 1.29 is 13.2 Å². The van der Waals surface area contributed by atoms with Crippen LogP contribution >= 0.6 is 27.5 Å². The van der Waals surface area contributed by atoms with Gasteiger partial charge in [0.25, 0.3) is 5.24 Å². The van der Waals surface area contributed by atoms with Crippen LogP contribution in [0.25, 0.3) is 0 Å². The van der Waals surface area contributed by atoms with E-state index in [4.69, 9.17) is 11.6 Å².